The highest BCUT2D eigenvalue weighted by Crippen LogP contribution is 2.11. The SMILES string of the molecule is CCCCCNCCC(=O)N(C)c1ccccc1. The van der Waals surface area contributed by atoms with Crippen LogP contribution in [0.2, 0.25) is 0 Å². The molecule has 0 fully saturated rings. The maximum atomic E-state index is 11.9. The molecule has 0 saturated carbocycles. The first-order valence-corrected chi connectivity index (χ1v) is 6.78. The van der Waals surface area contributed by atoms with Crippen LogP contribution in [0.5, 0.6) is 0 Å². The zero-order valence-electron chi connectivity index (χ0n) is 11.5. The van der Waals surface area contributed by atoms with Crippen molar-refractivity contribution in [3.63, 3.8) is 0 Å². The first-order chi connectivity index (χ1) is 8.75. The number of hydrogen-bond acceptors (Lipinski definition) is 2. The molecule has 1 N–H and O–H groups in total. The lowest BCUT2D eigenvalue weighted by atomic mass is 10.2. The van der Waals surface area contributed by atoms with Crippen LogP contribution in [-0.4, -0.2) is 26.0 Å². The van der Waals surface area contributed by atoms with E-state index in [1.54, 1.807) is 4.90 Å². The van der Waals surface area contributed by atoms with Crippen molar-refractivity contribution >= 4 is 11.6 Å². The number of carbonyl (C=O) groups excluding carboxylic acids is 1. The number of nitrogens with one attached hydrogen (secondary N) is 1. The van der Waals surface area contributed by atoms with Crippen molar-refractivity contribution in [3.05, 3.63) is 30.3 Å². The summed E-state index contributed by atoms with van der Waals surface area (Å²) in [7, 11) is 1.83. The molecule has 1 rings (SSSR count). The molecular weight excluding hydrogens is 224 g/mol. The van der Waals surface area contributed by atoms with Crippen LogP contribution in [0.25, 0.3) is 0 Å². The number of benzene rings is 1. The summed E-state index contributed by atoms with van der Waals surface area (Å²) >= 11 is 0. The Hall–Kier alpha value is -1.35. The molecule has 1 aromatic carbocycles. The van der Waals surface area contributed by atoms with Crippen LogP contribution in [-0.2, 0) is 4.79 Å². The van der Waals surface area contributed by atoms with Crippen LogP contribution < -0.4 is 10.2 Å². The van der Waals surface area contributed by atoms with E-state index >= 15 is 0 Å². The Balaban J connectivity index is 2.20. The van der Waals surface area contributed by atoms with Gasteiger partial charge in [0, 0.05) is 25.7 Å². The monoisotopic (exact) mass is 248 g/mol. The molecule has 0 atom stereocenters. The molecule has 0 unspecified atom stereocenters. The number of unbranched alkanes of at least 4 members (excludes halogenated alkanes) is 2. The number of carbonyl (C=O) groups is 1. The minimum Gasteiger partial charge on any atom is -0.316 e. The highest BCUT2D eigenvalue weighted by Gasteiger charge is 2.09. The second-order valence-corrected chi connectivity index (χ2v) is 4.50. The third-order valence-electron chi connectivity index (χ3n) is 2.99. The second kappa shape index (κ2) is 8.70. The van der Waals surface area contributed by atoms with E-state index in [2.05, 4.69) is 12.2 Å². The molecular formula is C15H24N2O. The van der Waals surface area contributed by atoms with Crippen molar-refractivity contribution in [1.82, 2.24) is 5.32 Å². The lowest BCUT2D eigenvalue weighted by Gasteiger charge is -2.17. The van der Waals surface area contributed by atoms with Gasteiger partial charge < -0.3 is 10.2 Å². The number of nitrogens with zero attached hydrogens (tertiary/aromatic N) is 1. The van der Waals surface area contributed by atoms with Crippen LogP contribution >= 0.6 is 0 Å². The first kappa shape index (κ1) is 14.7. The van der Waals surface area contributed by atoms with E-state index in [-0.39, 0.29) is 5.91 Å². The van der Waals surface area contributed by atoms with Gasteiger partial charge in [-0.2, -0.15) is 0 Å². The minimum atomic E-state index is 0.157. The standard InChI is InChI=1S/C15H24N2O/c1-3-4-8-12-16-13-11-15(18)17(2)14-9-6-5-7-10-14/h5-7,9-10,16H,3-4,8,11-13H2,1-2H3. The van der Waals surface area contributed by atoms with Gasteiger partial charge in [0.1, 0.15) is 0 Å². The molecule has 0 aliphatic carbocycles. The molecule has 100 valence electrons. The molecule has 0 heterocycles. The molecule has 0 bridgehead atoms. The zero-order valence-corrected chi connectivity index (χ0v) is 11.5. The van der Waals surface area contributed by atoms with Gasteiger partial charge in [0.25, 0.3) is 0 Å². The van der Waals surface area contributed by atoms with Crippen molar-refractivity contribution in [1.29, 1.82) is 0 Å². The summed E-state index contributed by atoms with van der Waals surface area (Å²) in [5, 5.41) is 3.31. The van der Waals surface area contributed by atoms with E-state index < -0.39 is 0 Å². The van der Waals surface area contributed by atoms with Gasteiger partial charge in [-0.25, -0.2) is 0 Å². The quantitative estimate of drug-likeness (QED) is 0.717. The maximum Gasteiger partial charge on any atom is 0.227 e. The molecule has 0 saturated heterocycles. The third-order valence-corrected chi connectivity index (χ3v) is 2.99. The van der Waals surface area contributed by atoms with Crippen molar-refractivity contribution in [2.45, 2.75) is 32.6 Å². The van der Waals surface area contributed by atoms with E-state index in [9.17, 15) is 4.79 Å². The number of anilines is 1. The topological polar surface area (TPSA) is 32.3 Å². The van der Waals surface area contributed by atoms with Crippen LogP contribution in [0.15, 0.2) is 30.3 Å². The Morgan fingerprint density at radius 3 is 2.56 bits per heavy atom. The number of para-hydroxylation sites is 1. The van der Waals surface area contributed by atoms with Gasteiger partial charge >= 0.3 is 0 Å². The van der Waals surface area contributed by atoms with Gasteiger partial charge in [0.15, 0.2) is 0 Å². The van der Waals surface area contributed by atoms with Crippen LogP contribution in [0, 0.1) is 0 Å². The van der Waals surface area contributed by atoms with E-state index in [0.29, 0.717) is 6.42 Å². The summed E-state index contributed by atoms with van der Waals surface area (Å²) in [5.41, 5.74) is 0.952. The van der Waals surface area contributed by atoms with Crippen molar-refractivity contribution in [3.8, 4) is 0 Å². The van der Waals surface area contributed by atoms with Crippen LogP contribution in [0.4, 0.5) is 5.69 Å². The average Bonchev–Trinajstić information content (AvgIpc) is 2.42. The van der Waals surface area contributed by atoms with Crippen LogP contribution in [0.1, 0.15) is 32.6 Å². The number of rotatable bonds is 8. The fraction of sp³-hybridized carbons (Fsp3) is 0.533. The lowest BCUT2D eigenvalue weighted by molar-refractivity contribution is -0.118. The van der Waals surface area contributed by atoms with Gasteiger partial charge in [-0.05, 0) is 25.1 Å². The largest absolute Gasteiger partial charge is 0.316 e. The molecule has 0 spiro atoms. The molecule has 18 heavy (non-hydrogen) atoms. The smallest absolute Gasteiger partial charge is 0.227 e. The molecule has 3 heteroatoms. The summed E-state index contributed by atoms with van der Waals surface area (Å²) in [4.78, 5) is 13.6. The summed E-state index contributed by atoms with van der Waals surface area (Å²) in [6, 6.07) is 9.75. The van der Waals surface area contributed by atoms with Crippen molar-refractivity contribution in [2.75, 3.05) is 25.0 Å². The van der Waals surface area contributed by atoms with Gasteiger partial charge in [-0.1, -0.05) is 38.0 Å². The normalized spacial score (nSPS) is 10.3. The molecule has 1 amide bonds. The maximum absolute atomic E-state index is 11.9. The Morgan fingerprint density at radius 2 is 1.89 bits per heavy atom. The van der Waals surface area contributed by atoms with Crippen molar-refractivity contribution in [2.24, 2.45) is 0 Å². The zero-order chi connectivity index (χ0) is 13.2. The number of hydrogen-bond donors (Lipinski definition) is 1. The van der Waals surface area contributed by atoms with Crippen molar-refractivity contribution < 1.29 is 4.79 Å². The Bertz CT molecular complexity index is 338. The van der Waals surface area contributed by atoms with E-state index in [4.69, 9.17) is 0 Å². The second-order valence-electron chi connectivity index (χ2n) is 4.50. The van der Waals surface area contributed by atoms with Gasteiger partial charge in [0.2, 0.25) is 5.91 Å². The molecule has 0 aliphatic rings. The van der Waals surface area contributed by atoms with Gasteiger partial charge in [-0.3, -0.25) is 4.79 Å². The Labute approximate surface area is 110 Å². The number of amides is 1. The summed E-state index contributed by atoms with van der Waals surface area (Å²) in [5.74, 6) is 0.157. The van der Waals surface area contributed by atoms with E-state index in [1.165, 1.54) is 19.3 Å². The third kappa shape index (κ3) is 5.32. The molecule has 0 radical (unpaired) electrons. The average molecular weight is 248 g/mol. The summed E-state index contributed by atoms with van der Waals surface area (Å²) in [6.45, 7) is 3.97. The van der Waals surface area contributed by atoms with E-state index in [1.807, 2.05) is 37.4 Å². The predicted molar refractivity (Wildman–Crippen MR) is 76.9 cm³/mol. The predicted octanol–water partition coefficient (Wildman–Crippen LogP) is 2.82. The Morgan fingerprint density at radius 1 is 1.17 bits per heavy atom. The molecule has 0 aromatic heterocycles. The highest BCUT2D eigenvalue weighted by molar-refractivity contribution is 5.92. The molecule has 1 aromatic rings. The Kier molecular flexibility index (Phi) is 7.11. The lowest BCUT2D eigenvalue weighted by Crippen LogP contribution is -2.30. The molecule has 3 nitrogen and oxygen atoms in total. The highest BCUT2D eigenvalue weighted by atomic mass is 16.2. The fourth-order valence-electron chi connectivity index (χ4n) is 1.78. The van der Waals surface area contributed by atoms with E-state index in [0.717, 1.165) is 18.8 Å². The fourth-order valence-corrected chi connectivity index (χ4v) is 1.78. The minimum absolute atomic E-state index is 0.157. The summed E-state index contributed by atoms with van der Waals surface area (Å²) < 4.78 is 0. The van der Waals surface area contributed by atoms with Gasteiger partial charge in [-0.15, -0.1) is 0 Å². The summed E-state index contributed by atoms with van der Waals surface area (Å²) in [6.07, 6.45) is 4.24. The first-order valence-electron chi connectivity index (χ1n) is 6.78. The van der Waals surface area contributed by atoms with Gasteiger partial charge in [0.05, 0.1) is 0 Å². The van der Waals surface area contributed by atoms with Crippen LogP contribution in [0.3, 0.4) is 0 Å². The molecule has 0 aliphatic heterocycles.